The molecule has 3 rings (SSSR count). The maximum atomic E-state index is 5.65. The number of benzene rings is 1. The fraction of sp³-hybridized carbons (Fsp3) is 0. The van der Waals surface area contributed by atoms with Crippen molar-refractivity contribution in [1.82, 2.24) is 15.0 Å². The third-order valence-electron chi connectivity index (χ3n) is 2.62. The fourth-order valence-corrected chi connectivity index (χ4v) is 1.83. The highest BCUT2D eigenvalue weighted by atomic mass is 15.0. The number of nitrogens with zero attached hydrogens (tertiary/aromatic N) is 3. The molecule has 0 aliphatic heterocycles. The number of anilines is 2. The Morgan fingerprint density at radius 3 is 2.44 bits per heavy atom. The molecular formula is C13H11N5. The Balaban J connectivity index is 2.19. The topological polar surface area (TPSA) is 90.7 Å². The summed E-state index contributed by atoms with van der Waals surface area (Å²) in [6, 6.07) is 13.4. The minimum absolute atomic E-state index is 0.153. The zero-order valence-corrected chi connectivity index (χ0v) is 9.54. The average molecular weight is 237 g/mol. The Morgan fingerprint density at radius 2 is 1.61 bits per heavy atom. The van der Waals surface area contributed by atoms with Gasteiger partial charge < -0.3 is 11.5 Å². The molecule has 0 aliphatic carbocycles. The molecule has 2 heterocycles. The van der Waals surface area contributed by atoms with Crippen molar-refractivity contribution < 1.29 is 0 Å². The standard InChI is InChI=1S/C13H11N5/c14-12-7-11(17-13(15)18-12)10-6-5-8-3-1-2-4-9(8)16-10/h1-7H,(H4,14,15,17,18). The lowest BCUT2D eigenvalue weighted by atomic mass is 10.2. The Bertz CT molecular complexity index is 703. The van der Waals surface area contributed by atoms with Crippen LogP contribution in [0.4, 0.5) is 11.8 Å². The minimum atomic E-state index is 0.153. The lowest BCUT2D eigenvalue weighted by molar-refractivity contribution is 1.18. The van der Waals surface area contributed by atoms with E-state index in [1.54, 1.807) is 6.07 Å². The van der Waals surface area contributed by atoms with Gasteiger partial charge in [-0.25, -0.2) is 9.97 Å². The smallest absolute Gasteiger partial charge is 0.222 e. The van der Waals surface area contributed by atoms with Gasteiger partial charge in [-0.2, -0.15) is 4.98 Å². The fourth-order valence-electron chi connectivity index (χ4n) is 1.83. The van der Waals surface area contributed by atoms with Crippen molar-refractivity contribution in [3.8, 4) is 11.4 Å². The first kappa shape index (κ1) is 10.5. The second kappa shape index (κ2) is 3.96. The van der Waals surface area contributed by atoms with E-state index in [1.165, 1.54) is 0 Å². The molecule has 88 valence electrons. The van der Waals surface area contributed by atoms with Crippen LogP contribution in [0.5, 0.6) is 0 Å². The van der Waals surface area contributed by atoms with Crippen molar-refractivity contribution in [3.63, 3.8) is 0 Å². The second-order valence-electron chi connectivity index (χ2n) is 3.93. The summed E-state index contributed by atoms with van der Waals surface area (Å²) in [7, 11) is 0. The van der Waals surface area contributed by atoms with E-state index in [2.05, 4.69) is 15.0 Å². The average Bonchev–Trinajstić information content (AvgIpc) is 2.37. The summed E-state index contributed by atoms with van der Waals surface area (Å²) in [5, 5.41) is 1.08. The highest BCUT2D eigenvalue weighted by Gasteiger charge is 2.05. The molecule has 0 spiro atoms. The van der Waals surface area contributed by atoms with Gasteiger partial charge in [-0.3, -0.25) is 0 Å². The number of para-hydroxylation sites is 1. The van der Waals surface area contributed by atoms with E-state index in [9.17, 15) is 0 Å². The van der Waals surface area contributed by atoms with Crippen LogP contribution in [0.3, 0.4) is 0 Å². The van der Waals surface area contributed by atoms with Crippen molar-refractivity contribution in [2.24, 2.45) is 0 Å². The number of aromatic nitrogens is 3. The van der Waals surface area contributed by atoms with Gasteiger partial charge in [0.1, 0.15) is 5.82 Å². The van der Waals surface area contributed by atoms with Gasteiger partial charge in [-0.05, 0) is 12.1 Å². The van der Waals surface area contributed by atoms with Crippen LogP contribution in [-0.2, 0) is 0 Å². The van der Waals surface area contributed by atoms with Crippen LogP contribution in [0.15, 0.2) is 42.5 Å². The summed E-state index contributed by atoms with van der Waals surface area (Å²) in [6.07, 6.45) is 0. The maximum absolute atomic E-state index is 5.65. The van der Waals surface area contributed by atoms with Crippen LogP contribution in [-0.4, -0.2) is 15.0 Å². The van der Waals surface area contributed by atoms with Crippen molar-refractivity contribution in [2.45, 2.75) is 0 Å². The SMILES string of the molecule is Nc1cc(-c2ccc3ccccc3n2)nc(N)n1. The molecule has 0 saturated carbocycles. The summed E-state index contributed by atoms with van der Waals surface area (Å²) in [5.74, 6) is 0.493. The molecule has 1 aromatic carbocycles. The van der Waals surface area contributed by atoms with Gasteiger partial charge in [0, 0.05) is 11.5 Å². The number of fused-ring (bicyclic) bond motifs is 1. The lowest BCUT2D eigenvalue weighted by Gasteiger charge is -2.04. The van der Waals surface area contributed by atoms with Crippen LogP contribution < -0.4 is 11.5 Å². The van der Waals surface area contributed by atoms with Gasteiger partial charge in [-0.15, -0.1) is 0 Å². The van der Waals surface area contributed by atoms with Crippen LogP contribution in [0.1, 0.15) is 0 Å². The van der Waals surface area contributed by atoms with Crippen LogP contribution in [0, 0.1) is 0 Å². The van der Waals surface area contributed by atoms with Crippen LogP contribution >= 0.6 is 0 Å². The van der Waals surface area contributed by atoms with Gasteiger partial charge in [0.05, 0.1) is 16.9 Å². The van der Waals surface area contributed by atoms with Crippen molar-refractivity contribution in [1.29, 1.82) is 0 Å². The third-order valence-corrected chi connectivity index (χ3v) is 2.62. The second-order valence-corrected chi connectivity index (χ2v) is 3.93. The van der Waals surface area contributed by atoms with Gasteiger partial charge in [-0.1, -0.05) is 24.3 Å². The molecule has 0 fully saturated rings. The largest absolute Gasteiger partial charge is 0.384 e. The third kappa shape index (κ3) is 1.82. The number of hydrogen-bond acceptors (Lipinski definition) is 5. The highest BCUT2D eigenvalue weighted by Crippen LogP contribution is 2.20. The predicted molar refractivity (Wildman–Crippen MR) is 71.6 cm³/mol. The Labute approximate surface area is 104 Å². The number of pyridine rings is 1. The molecule has 5 nitrogen and oxygen atoms in total. The van der Waals surface area contributed by atoms with Gasteiger partial charge in [0.2, 0.25) is 5.95 Å². The van der Waals surface area contributed by atoms with Crippen LogP contribution in [0.2, 0.25) is 0 Å². The van der Waals surface area contributed by atoms with E-state index in [0.717, 1.165) is 16.6 Å². The molecule has 0 bridgehead atoms. The van der Waals surface area contributed by atoms with Gasteiger partial charge >= 0.3 is 0 Å². The number of nitrogens with two attached hydrogens (primary N) is 2. The zero-order valence-electron chi connectivity index (χ0n) is 9.54. The van der Waals surface area contributed by atoms with E-state index in [-0.39, 0.29) is 5.95 Å². The highest BCUT2D eigenvalue weighted by molar-refractivity contribution is 5.81. The first-order valence-corrected chi connectivity index (χ1v) is 5.48. The number of hydrogen-bond donors (Lipinski definition) is 2. The molecule has 3 aromatic rings. The van der Waals surface area contributed by atoms with E-state index >= 15 is 0 Å². The molecule has 2 aromatic heterocycles. The molecule has 18 heavy (non-hydrogen) atoms. The molecule has 5 heteroatoms. The van der Waals surface area contributed by atoms with Gasteiger partial charge in [0.15, 0.2) is 0 Å². The molecule has 0 radical (unpaired) electrons. The van der Waals surface area contributed by atoms with Crippen LogP contribution in [0.25, 0.3) is 22.3 Å². The van der Waals surface area contributed by atoms with E-state index in [1.807, 2.05) is 36.4 Å². The molecular weight excluding hydrogens is 226 g/mol. The van der Waals surface area contributed by atoms with E-state index in [4.69, 9.17) is 11.5 Å². The summed E-state index contributed by atoms with van der Waals surface area (Å²) in [4.78, 5) is 12.5. The van der Waals surface area contributed by atoms with Crippen molar-refractivity contribution in [2.75, 3.05) is 11.5 Å². The van der Waals surface area contributed by atoms with Gasteiger partial charge in [0.25, 0.3) is 0 Å². The maximum Gasteiger partial charge on any atom is 0.222 e. The minimum Gasteiger partial charge on any atom is -0.384 e. The lowest BCUT2D eigenvalue weighted by Crippen LogP contribution is -2.01. The predicted octanol–water partition coefficient (Wildman–Crippen LogP) is 1.86. The molecule has 4 N–H and O–H groups in total. The molecule has 0 saturated heterocycles. The Morgan fingerprint density at radius 1 is 0.778 bits per heavy atom. The molecule has 0 atom stereocenters. The van der Waals surface area contributed by atoms with E-state index < -0.39 is 0 Å². The summed E-state index contributed by atoms with van der Waals surface area (Å²) in [5.41, 5.74) is 13.5. The molecule has 0 aliphatic rings. The first-order chi connectivity index (χ1) is 8.72. The Hall–Kier alpha value is -2.69. The summed E-state index contributed by atoms with van der Waals surface area (Å²) < 4.78 is 0. The van der Waals surface area contributed by atoms with Crippen molar-refractivity contribution in [3.05, 3.63) is 42.5 Å². The normalized spacial score (nSPS) is 10.7. The molecule has 0 amide bonds. The summed E-state index contributed by atoms with van der Waals surface area (Å²) in [6.45, 7) is 0. The quantitative estimate of drug-likeness (QED) is 0.674. The summed E-state index contributed by atoms with van der Waals surface area (Å²) >= 11 is 0. The molecule has 0 unspecified atom stereocenters. The zero-order chi connectivity index (χ0) is 12.5. The number of rotatable bonds is 1. The first-order valence-electron chi connectivity index (χ1n) is 5.48. The van der Waals surface area contributed by atoms with Crippen molar-refractivity contribution >= 4 is 22.7 Å². The number of nitrogen functional groups attached to an aromatic ring is 2. The van der Waals surface area contributed by atoms with E-state index in [0.29, 0.717) is 11.5 Å². The monoisotopic (exact) mass is 237 g/mol. The Kier molecular flexibility index (Phi) is 2.30.